The van der Waals surface area contributed by atoms with Gasteiger partial charge in [0, 0.05) is 37.4 Å². The number of nitrogens with zero attached hydrogens (tertiary/aromatic N) is 1. The van der Waals surface area contributed by atoms with E-state index in [1.54, 1.807) is 0 Å². The van der Waals surface area contributed by atoms with Gasteiger partial charge in [0.15, 0.2) is 0 Å². The first-order valence-electron chi connectivity index (χ1n) is 7.48. The predicted molar refractivity (Wildman–Crippen MR) is 79.2 cm³/mol. The van der Waals surface area contributed by atoms with Gasteiger partial charge in [0.2, 0.25) is 0 Å². The van der Waals surface area contributed by atoms with E-state index in [1.165, 1.54) is 11.3 Å². The molecule has 0 aliphatic carbocycles. The van der Waals surface area contributed by atoms with Crippen molar-refractivity contribution in [1.82, 2.24) is 5.32 Å². The maximum absolute atomic E-state index is 6.26. The van der Waals surface area contributed by atoms with Crippen molar-refractivity contribution in [2.24, 2.45) is 0 Å². The molecular weight excluding hydrogens is 236 g/mol. The molecule has 3 rings (SSSR count). The second kappa shape index (κ2) is 5.04. The summed E-state index contributed by atoms with van der Waals surface area (Å²) in [6.07, 6.45) is 3.34. The van der Waals surface area contributed by atoms with Crippen LogP contribution in [0.25, 0.3) is 0 Å². The van der Waals surface area contributed by atoms with Crippen LogP contribution in [0.4, 0.5) is 5.69 Å². The van der Waals surface area contributed by atoms with Crippen molar-refractivity contribution in [1.29, 1.82) is 0 Å². The highest BCUT2D eigenvalue weighted by molar-refractivity contribution is 5.60. The Hall–Kier alpha value is -1.22. The molecule has 1 aromatic rings. The quantitative estimate of drug-likeness (QED) is 0.884. The van der Waals surface area contributed by atoms with Crippen LogP contribution in [0.3, 0.4) is 0 Å². The summed E-state index contributed by atoms with van der Waals surface area (Å²) in [5.41, 5.74) is 2.82. The van der Waals surface area contributed by atoms with Crippen LogP contribution in [0.15, 0.2) is 18.2 Å². The lowest BCUT2D eigenvalue weighted by Gasteiger charge is -2.38. The van der Waals surface area contributed by atoms with Gasteiger partial charge in [0.25, 0.3) is 0 Å². The molecule has 1 saturated heterocycles. The Morgan fingerprint density at radius 2 is 2.11 bits per heavy atom. The second-order valence-electron chi connectivity index (χ2n) is 5.90. The molecule has 3 heteroatoms. The summed E-state index contributed by atoms with van der Waals surface area (Å²) in [5, 5.41) is 3.41. The minimum absolute atomic E-state index is 0.0229. The number of hydrogen-bond acceptors (Lipinski definition) is 3. The fraction of sp³-hybridized carbons (Fsp3) is 0.625. The fourth-order valence-electron chi connectivity index (χ4n) is 3.06. The summed E-state index contributed by atoms with van der Waals surface area (Å²) < 4.78 is 6.26. The molecule has 0 amide bonds. The number of benzene rings is 1. The molecular formula is C16H24N2O. The molecule has 104 valence electrons. The summed E-state index contributed by atoms with van der Waals surface area (Å²) in [7, 11) is 0. The first-order chi connectivity index (χ1) is 9.22. The van der Waals surface area contributed by atoms with E-state index < -0.39 is 0 Å². The van der Waals surface area contributed by atoms with Gasteiger partial charge in [-0.3, -0.25) is 0 Å². The largest absolute Gasteiger partial charge is 0.487 e. The van der Waals surface area contributed by atoms with Crippen LogP contribution in [-0.2, 0) is 6.42 Å². The van der Waals surface area contributed by atoms with Crippen LogP contribution in [-0.4, -0.2) is 31.8 Å². The van der Waals surface area contributed by atoms with Crippen molar-refractivity contribution < 1.29 is 4.74 Å². The molecule has 1 aromatic carbocycles. The molecule has 0 aromatic heterocycles. The Labute approximate surface area is 115 Å². The monoisotopic (exact) mass is 260 g/mol. The normalized spacial score (nSPS) is 26.7. The molecule has 1 unspecified atom stereocenters. The van der Waals surface area contributed by atoms with Crippen molar-refractivity contribution in [2.45, 2.75) is 38.7 Å². The van der Waals surface area contributed by atoms with Gasteiger partial charge in [-0.05, 0) is 38.3 Å². The average molecular weight is 260 g/mol. The van der Waals surface area contributed by atoms with Crippen molar-refractivity contribution in [3.63, 3.8) is 0 Å². The molecule has 1 fully saturated rings. The first-order valence-corrected chi connectivity index (χ1v) is 7.48. The van der Waals surface area contributed by atoms with Crippen molar-refractivity contribution >= 4 is 5.69 Å². The molecule has 2 heterocycles. The Kier molecular flexibility index (Phi) is 3.40. The maximum Gasteiger partial charge on any atom is 0.125 e. The molecule has 0 radical (unpaired) electrons. The molecule has 0 saturated carbocycles. The van der Waals surface area contributed by atoms with E-state index in [9.17, 15) is 0 Å². The fourth-order valence-corrected chi connectivity index (χ4v) is 3.06. The number of anilines is 1. The average Bonchev–Trinajstić information content (AvgIpc) is 2.47. The standard InChI is InChI=1S/C16H24N2O/c1-3-16(2)8-7-13-14(5-4-6-15(13)19-16)18-11-9-17-10-12-18/h4-6,17H,3,7-12H2,1-2H3. The Morgan fingerprint density at radius 1 is 1.32 bits per heavy atom. The lowest BCUT2D eigenvalue weighted by atomic mass is 9.89. The Balaban J connectivity index is 1.90. The van der Waals surface area contributed by atoms with E-state index in [1.807, 2.05) is 0 Å². The third-order valence-corrected chi connectivity index (χ3v) is 4.57. The zero-order valence-electron chi connectivity index (χ0n) is 12.0. The number of rotatable bonds is 2. The minimum atomic E-state index is 0.0229. The number of piperazine rings is 1. The lowest BCUT2D eigenvalue weighted by molar-refractivity contribution is 0.0614. The number of fused-ring (bicyclic) bond motifs is 1. The van der Waals surface area contributed by atoms with E-state index in [2.05, 4.69) is 42.3 Å². The van der Waals surface area contributed by atoms with Gasteiger partial charge >= 0.3 is 0 Å². The van der Waals surface area contributed by atoms with Crippen LogP contribution in [0.2, 0.25) is 0 Å². The highest BCUT2D eigenvalue weighted by Gasteiger charge is 2.31. The van der Waals surface area contributed by atoms with Gasteiger partial charge in [-0.1, -0.05) is 13.0 Å². The molecule has 2 aliphatic heterocycles. The van der Waals surface area contributed by atoms with Gasteiger partial charge in [-0.25, -0.2) is 0 Å². The van der Waals surface area contributed by atoms with Crippen molar-refractivity contribution in [3.8, 4) is 5.75 Å². The van der Waals surface area contributed by atoms with Crippen LogP contribution < -0.4 is 15.0 Å². The van der Waals surface area contributed by atoms with Crippen LogP contribution in [0.5, 0.6) is 5.75 Å². The molecule has 1 N–H and O–H groups in total. The van der Waals surface area contributed by atoms with Gasteiger partial charge < -0.3 is 15.0 Å². The topological polar surface area (TPSA) is 24.5 Å². The third kappa shape index (κ3) is 2.44. The van der Waals surface area contributed by atoms with E-state index in [4.69, 9.17) is 4.74 Å². The van der Waals surface area contributed by atoms with Gasteiger partial charge in [-0.15, -0.1) is 0 Å². The maximum atomic E-state index is 6.26. The highest BCUT2D eigenvalue weighted by atomic mass is 16.5. The SMILES string of the molecule is CCC1(C)CCc2c(cccc2N2CCNCC2)O1. The van der Waals surface area contributed by atoms with Crippen LogP contribution in [0.1, 0.15) is 32.3 Å². The zero-order chi connectivity index (χ0) is 13.3. The summed E-state index contributed by atoms with van der Waals surface area (Å²) in [6.45, 7) is 8.80. The molecule has 3 nitrogen and oxygen atoms in total. The van der Waals surface area contributed by atoms with Crippen molar-refractivity contribution in [3.05, 3.63) is 23.8 Å². The van der Waals surface area contributed by atoms with Gasteiger partial charge in [0.1, 0.15) is 11.4 Å². The van der Waals surface area contributed by atoms with Gasteiger partial charge in [0.05, 0.1) is 0 Å². The smallest absolute Gasteiger partial charge is 0.125 e. The molecule has 19 heavy (non-hydrogen) atoms. The van der Waals surface area contributed by atoms with Gasteiger partial charge in [-0.2, -0.15) is 0 Å². The molecule has 0 spiro atoms. The first kappa shape index (κ1) is 12.8. The van der Waals surface area contributed by atoms with Crippen molar-refractivity contribution in [2.75, 3.05) is 31.1 Å². The van der Waals surface area contributed by atoms with Crippen LogP contribution in [0, 0.1) is 0 Å². The molecule has 2 aliphatic rings. The highest BCUT2D eigenvalue weighted by Crippen LogP contribution is 2.39. The summed E-state index contributed by atoms with van der Waals surface area (Å²) >= 11 is 0. The minimum Gasteiger partial charge on any atom is -0.487 e. The predicted octanol–water partition coefficient (Wildman–Crippen LogP) is 2.59. The van der Waals surface area contributed by atoms with Crippen LogP contribution >= 0.6 is 0 Å². The van der Waals surface area contributed by atoms with E-state index >= 15 is 0 Å². The zero-order valence-corrected chi connectivity index (χ0v) is 12.0. The second-order valence-corrected chi connectivity index (χ2v) is 5.90. The van der Waals surface area contributed by atoms with E-state index in [0.717, 1.165) is 51.2 Å². The van der Waals surface area contributed by atoms with E-state index in [0.29, 0.717) is 0 Å². The van der Waals surface area contributed by atoms with E-state index in [-0.39, 0.29) is 5.60 Å². The summed E-state index contributed by atoms with van der Waals surface area (Å²) in [4.78, 5) is 2.49. The molecule has 1 atom stereocenters. The molecule has 0 bridgehead atoms. The Morgan fingerprint density at radius 3 is 2.84 bits per heavy atom. The number of ether oxygens (including phenoxy) is 1. The summed E-state index contributed by atoms with van der Waals surface area (Å²) in [6, 6.07) is 6.52. The third-order valence-electron chi connectivity index (χ3n) is 4.57. The number of hydrogen-bond donors (Lipinski definition) is 1. The lowest BCUT2D eigenvalue weighted by Crippen LogP contribution is -2.44. The Bertz CT molecular complexity index is 454. The summed E-state index contributed by atoms with van der Waals surface area (Å²) in [5.74, 6) is 1.10. The number of nitrogens with one attached hydrogen (secondary N) is 1.